The maximum absolute atomic E-state index is 13.5. The number of piperidine rings is 1. The van der Waals surface area contributed by atoms with E-state index in [1.54, 1.807) is 17.2 Å². The lowest BCUT2D eigenvalue weighted by Gasteiger charge is -2.38. The van der Waals surface area contributed by atoms with Gasteiger partial charge in [-0.1, -0.05) is 112 Å². The van der Waals surface area contributed by atoms with Gasteiger partial charge in [-0.25, -0.2) is 9.78 Å². The van der Waals surface area contributed by atoms with Gasteiger partial charge >= 0.3 is 6.03 Å². The van der Waals surface area contributed by atoms with Gasteiger partial charge in [-0.3, -0.25) is 4.98 Å². The highest BCUT2D eigenvalue weighted by atomic mass is 16.5. The number of benzene rings is 3. The summed E-state index contributed by atoms with van der Waals surface area (Å²) in [5.74, 6) is 1.45. The van der Waals surface area contributed by atoms with Gasteiger partial charge in [-0.15, -0.1) is 15.0 Å². The number of ether oxygens (including phenoxy) is 1. The van der Waals surface area contributed by atoms with Crippen molar-refractivity contribution in [2.24, 2.45) is 11.3 Å². The zero-order chi connectivity index (χ0) is 36.1. The van der Waals surface area contributed by atoms with E-state index in [0.29, 0.717) is 54.3 Å². The predicted octanol–water partition coefficient (Wildman–Crippen LogP) is 8.33. The first kappa shape index (κ1) is 34.5. The van der Waals surface area contributed by atoms with Crippen molar-refractivity contribution in [1.29, 1.82) is 0 Å². The van der Waals surface area contributed by atoms with Crippen molar-refractivity contribution in [2.45, 2.75) is 46.1 Å². The fraction of sp³-hybridized carbons (Fsp3) is 0.286. The molecule has 0 radical (unpaired) electrons. The first-order valence-electron chi connectivity index (χ1n) is 17.9. The van der Waals surface area contributed by atoms with Crippen molar-refractivity contribution < 1.29 is 9.53 Å². The van der Waals surface area contributed by atoms with E-state index in [1.165, 1.54) is 0 Å². The van der Waals surface area contributed by atoms with E-state index in [0.717, 1.165) is 35.1 Å². The van der Waals surface area contributed by atoms with Crippen LogP contribution in [-0.4, -0.2) is 60.8 Å². The Hall–Kier alpha value is -5.90. The zero-order valence-electron chi connectivity index (χ0n) is 30.1. The summed E-state index contributed by atoms with van der Waals surface area (Å²) in [6.45, 7) is 10.7. The molecule has 1 saturated heterocycles. The number of carbonyl (C=O) groups excluding carboxylic acids is 1. The van der Waals surface area contributed by atoms with Crippen LogP contribution in [0.2, 0.25) is 0 Å². The molecule has 10 nitrogen and oxygen atoms in total. The third-order valence-corrected chi connectivity index (χ3v) is 9.98. The molecule has 0 bridgehead atoms. The maximum Gasteiger partial charge on any atom is 0.321 e. The zero-order valence-corrected chi connectivity index (χ0v) is 30.1. The van der Waals surface area contributed by atoms with Gasteiger partial charge in [0.2, 0.25) is 11.7 Å². The number of likely N-dealkylation sites (tertiary alicyclic amines) is 1. The van der Waals surface area contributed by atoms with Crippen molar-refractivity contribution >= 4 is 11.7 Å². The molecule has 264 valence electrons. The number of nitrogens with zero attached hydrogens (tertiary/aromatic N) is 7. The van der Waals surface area contributed by atoms with Gasteiger partial charge in [0, 0.05) is 30.9 Å². The second-order valence-electron chi connectivity index (χ2n) is 14.2. The Morgan fingerprint density at radius 1 is 0.808 bits per heavy atom. The lowest BCUT2D eigenvalue weighted by atomic mass is 9.75. The van der Waals surface area contributed by atoms with Gasteiger partial charge in [0.05, 0.1) is 29.7 Å². The highest BCUT2D eigenvalue weighted by Crippen LogP contribution is 2.41. The molecule has 0 unspecified atom stereocenters. The third-order valence-electron chi connectivity index (χ3n) is 9.98. The van der Waals surface area contributed by atoms with E-state index >= 15 is 0 Å². The van der Waals surface area contributed by atoms with Crippen molar-refractivity contribution in [1.82, 2.24) is 35.1 Å². The molecule has 0 spiro atoms. The number of aromatic nitrogens is 6. The van der Waals surface area contributed by atoms with Crippen molar-refractivity contribution in [3.8, 4) is 28.5 Å². The van der Waals surface area contributed by atoms with E-state index in [4.69, 9.17) is 25.1 Å². The quantitative estimate of drug-likeness (QED) is 0.152. The second kappa shape index (κ2) is 14.8. The summed E-state index contributed by atoms with van der Waals surface area (Å²) in [6.07, 6.45) is 5.34. The van der Waals surface area contributed by atoms with Gasteiger partial charge in [-0.05, 0) is 65.1 Å². The molecule has 4 heterocycles. The monoisotopic (exact) mass is 692 g/mol. The van der Waals surface area contributed by atoms with Gasteiger partial charge in [0.15, 0.2) is 5.54 Å². The van der Waals surface area contributed by atoms with Crippen LogP contribution in [0.15, 0.2) is 122 Å². The topological polar surface area (TPSA) is 111 Å². The fourth-order valence-corrected chi connectivity index (χ4v) is 7.19. The number of carbonyl (C=O) groups is 1. The number of nitrogens with one attached hydrogen (secondary N) is 1. The highest BCUT2D eigenvalue weighted by Gasteiger charge is 2.41. The number of tetrazole rings is 1. The molecule has 7 rings (SSSR count). The molecule has 3 aromatic carbocycles. The molecule has 0 atom stereocenters. The molecule has 10 heteroatoms. The minimum atomic E-state index is -0.950. The average molecular weight is 693 g/mol. The smallest absolute Gasteiger partial charge is 0.321 e. The summed E-state index contributed by atoms with van der Waals surface area (Å²) in [7, 11) is 0. The molecule has 0 aliphatic carbocycles. The first-order valence-corrected chi connectivity index (χ1v) is 17.9. The normalized spacial score (nSPS) is 13.9. The largest absolute Gasteiger partial charge is 0.478 e. The summed E-state index contributed by atoms with van der Waals surface area (Å²) in [5.41, 5.74) is 4.68. The van der Waals surface area contributed by atoms with E-state index in [2.05, 4.69) is 67.5 Å². The van der Waals surface area contributed by atoms with Gasteiger partial charge in [0.1, 0.15) is 0 Å². The van der Waals surface area contributed by atoms with Crippen molar-refractivity contribution in [3.63, 3.8) is 0 Å². The van der Waals surface area contributed by atoms with E-state index < -0.39 is 5.54 Å². The minimum absolute atomic E-state index is 0.150. The third kappa shape index (κ3) is 6.88. The lowest BCUT2D eigenvalue weighted by molar-refractivity contribution is 0.128. The SMILES string of the molecule is CCOc1ccc(-c2ncc(NC(=O)N3CCC(C(C)(C)C)CC3)cc2-c2nnn(C(c3ccccc3)(c3ccccc3)c3ccccc3)n2)cn1. The summed E-state index contributed by atoms with van der Waals surface area (Å²) >= 11 is 0. The fourth-order valence-electron chi connectivity index (χ4n) is 7.19. The van der Waals surface area contributed by atoms with Gasteiger partial charge < -0.3 is 15.0 Å². The second-order valence-corrected chi connectivity index (χ2v) is 14.2. The Kier molecular flexibility index (Phi) is 9.80. The van der Waals surface area contributed by atoms with Crippen LogP contribution in [0.3, 0.4) is 0 Å². The van der Waals surface area contributed by atoms with Crippen molar-refractivity contribution in [2.75, 3.05) is 25.0 Å². The molecule has 1 aliphatic heterocycles. The Labute approximate surface area is 304 Å². The molecule has 2 amide bonds. The number of hydrogen-bond donors (Lipinski definition) is 1. The molecule has 1 aliphatic rings. The number of amides is 2. The molecule has 1 fully saturated rings. The average Bonchev–Trinajstić information content (AvgIpc) is 3.67. The highest BCUT2D eigenvalue weighted by molar-refractivity contribution is 5.91. The number of hydrogen-bond acceptors (Lipinski definition) is 7. The Morgan fingerprint density at radius 2 is 1.40 bits per heavy atom. The standard InChI is InChI=1S/C42H44N8O2/c1-5-52-37-22-21-30(28-43-37)38-36(27-35(29-44-38)45-40(51)49-25-23-31(24-26-49)41(2,3)4)39-46-48-50(47-39)42(32-15-9-6-10-16-32,33-17-11-7-12-18-33)34-19-13-8-14-20-34/h6-22,27-29,31H,5,23-26H2,1-4H3,(H,45,51). The van der Waals surface area contributed by atoms with Crippen LogP contribution >= 0.6 is 0 Å². The van der Waals surface area contributed by atoms with Gasteiger partial charge in [-0.2, -0.15) is 0 Å². The van der Waals surface area contributed by atoms with Crippen LogP contribution in [0.25, 0.3) is 22.6 Å². The van der Waals surface area contributed by atoms with E-state index in [9.17, 15) is 4.79 Å². The van der Waals surface area contributed by atoms with Crippen molar-refractivity contribution in [3.05, 3.63) is 138 Å². The molecular formula is C42H44N8O2. The first-order chi connectivity index (χ1) is 25.3. The van der Waals surface area contributed by atoms with Crippen LogP contribution in [0.1, 0.15) is 57.2 Å². The van der Waals surface area contributed by atoms with Crippen LogP contribution in [0, 0.1) is 11.3 Å². The molecule has 3 aromatic heterocycles. The summed E-state index contributed by atoms with van der Waals surface area (Å²) < 4.78 is 5.60. The van der Waals surface area contributed by atoms with E-state index in [1.807, 2.05) is 84.6 Å². The minimum Gasteiger partial charge on any atom is -0.478 e. The Morgan fingerprint density at radius 3 is 1.92 bits per heavy atom. The number of rotatable bonds is 9. The van der Waals surface area contributed by atoms with Crippen LogP contribution in [0.5, 0.6) is 5.88 Å². The van der Waals surface area contributed by atoms with Gasteiger partial charge in [0.25, 0.3) is 0 Å². The Bertz CT molecular complexity index is 1990. The maximum atomic E-state index is 13.5. The number of urea groups is 1. The number of pyridine rings is 2. The lowest BCUT2D eigenvalue weighted by Crippen LogP contribution is -2.43. The summed E-state index contributed by atoms with van der Waals surface area (Å²) in [4.78, 5) is 26.5. The molecule has 52 heavy (non-hydrogen) atoms. The van der Waals surface area contributed by atoms with E-state index in [-0.39, 0.29) is 11.4 Å². The number of anilines is 1. The molecule has 6 aromatic rings. The Balaban J connectivity index is 1.32. The molecular weight excluding hydrogens is 649 g/mol. The van der Waals surface area contributed by atoms with Crippen LogP contribution in [-0.2, 0) is 5.54 Å². The van der Waals surface area contributed by atoms with Crippen LogP contribution < -0.4 is 10.1 Å². The molecule has 1 N–H and O–H groups in total. The predicted molar refractivity (Wildman–Crippen MR) is 203 cm³/mol. The molecule has 0 saturated carbocycles. The summed E-state index contributed by atoms with van der Waals surface area (Å²) in [5, 5.41) is 17.7. The van der Waals surface area contributed by atoms with Crippen LogP contribution in [0.4, 0.5) is 10.5 Å². The summed E-state index contributed by atoms with van der Waals surface area (Å²) in [6, 6.07) is 36.1.